The Bertz CT molecular complexity index is 917. The third-order valence-corrected chi connectivity index (χ3v) is 21.0. The van der Waals surface area contributed by atoms with E-state index in [0.717, 1.165) is 47.4 Å². The molecular weight excluding hydrogens is 655 g/mol. The highest BCUT2D eigenvalue weighted by atomic mass is 127. The second-order valence-electron chi connectivity index (χ2n) is 14.4. The van der Waals surface area contributed by atoms with Gasteiger partial charge in [0.05, 0.1) is 30.5 Å². The van der Waals surface area contributed by atoms with Crippen molar-refractivity contribution in [1.82, 2.24) is 0 Å². The summed E-state index contributed by atoms with van der Waals surface area (Å²) in [7, 11) is -4.08. The van der Waals surface area contributed by atoms with Crippen LogP contribution in [0.5, 0.6) is 0 Å². The molecule has 2 aliphatic carbocycles. The van der Waals surface area contributed by atoms with Crippen LogP contribution in [0.4, 0.5) is 0 Å². The molecule has 40 heavy (non-hydrogen) atoms. The van der Waals surface area contributed by atoms with Gasteiger partial charge in [-0.05, 0) is 91.6 Å². The highest BCUT2D eigenvalue weighted by Gasteiger charge is 2.63. The Kier molecular flexibility index (Phi) is 9.93. The first-order chi connectivity index (χ1) is 18.5. The number of rotatable bonds is 9. The molecule has 0 aromatic rings. The normalized spacial score (nSPS) is 38.5. The van der Waals surface area contributed by atoms with Gasteiger partial charge in [-0.3, -0.25) is 0 Å². The van der Waals surface area contributed by atoms with Gasteiger partial charge in [-0.1, -0.05) is 41.5 Å². The number of hydrogen-bond acceptors (Lipinski definition) is 7. The minimum absolute atomic E-state index is 0.0462. The molecule has 4 aliphatic rings. The summed E-state index contributed by atoms with van der Waals surface area (Å²) >= 11 is 2.40. The first-order valence-electron chi connectivity index (χ1n) is 15.6. The first-order valence-corrected chi connectivity index (χ1v) is 22.1. The quantitative estimate of drug-likeness (QED) is 0.197. The van der Waals surface area contributed by atoms with Crippen LogP contribution in [0, 0.1) is 0 Å². The van der Waals surface area contributed by atoms with Gasteiger partial charge >= 0.3 is 0 Å². The average molecular weight is 711 g/mol. The second kappa shape index (κ2) is 11.9. The van der Waals surface area contributed by atoms with Crippen molar-refractivity contribution in [3.63, 3.8) is 0 Å². The zero-order chi connectivity index (χ0) is 29.8. The molecular formula is C30H55IO7Si2. The molecule has 10 heteroatoms. The van der Waals surface area contributed by atoms with Crippen LogP contribution < -0.4 is 0 Å². The fourth-order valence-corrected chi connectivity index (χ4v) is 11.8. The highest BCUT2D eigenvalue weighted by molar-refractivity contribution is 14.1. The van der Waals surface area contributed by atoms with Gasteiger partial charge in [0, 0.05) is 22.8 Å². The lowest BCUT2D eigenvalue weighted by Gasteiger charge is -2.49. The summed E-state index contributed by atoms with van der Waals surface area (Å²) in [5.41, 5.74) is -1.82. The maximum Gasteiger partial charge on any atom is 0.193 e. The molecule has 3 fully saturated rings. The van der Waals surface area contributed by atoms with Gasteiger partial charge < -0.3 is 32.9 Å². The van der Waals surface area contributed by atoms with Gasteiger partial charge in [-0.25, -0.2) is 0 Å². The van der Waals surface area contributed by atoms with Crippen molar-refractivity contribution in [2.24, 2.45) is 0 Å². The summed E-state index contributed by atoms with van der Waals surface area (Å²) in [5.74, 6) is -0.544. The van der Waals surface area contributed by atoms with E-state index in [9.17, 15) is 5.11 Å². The Morgan fingerprint density at radius 1 is 1.05 bits per heavy atom. The lowest BCUT2D eigenvalue weighted by Crippen LogP contribution is -2.62. The van der Waals surface area contributed by atoms with Gasteiger partial charge in [0.15, 0.2) is 34.3 Å². The van der Waals surface area contributed by atoms with Crippen LogP contribution in [-0.2, 0) is 27.8 Å². The van der Waals surface area contributed by atoms with Crippen molar-refractivity contribution in [3.05, 3.63) is 9.66 Å². The summed E-state index contributed by atoms with van der Waals surface area (Å²) in [6, 6.07) is 3.08. The molecule has 7 nitrogen and oxygen atoms in total. The van der Waals surface area contributed by atoms with E-state index in [1.165, 1.54) is 0 Å². The number of halogens is 1. The van der Waals surface area contributed by atoms with Crippen molar-refractivity contribution >= 4 is 39.2 Å². The Morgan fingerprint density at radius 2 is 1.65 bits per heavy atom. The fourth-order valence-electron chi connectivity index (χ4n) is 6.68. The van der Waals surface area contributed by atoms with E-state index < -0.39 is 46.0 Å². The molecule has 2 heterocycles. The van der Waals surface area contributed by atoms with E-state index in [4.69, 9.17) is 27.8 Å². The molecule has 1 N–H and O–H groups in total. The van der Waals surface area contributed by atoms with E-state index in [0.29, 0.717) is 13.0 Å². The third-order valence-electron chi connectivity index (χ3n) is 10.6. The summed E-state index contributed by atoms with van der Waals surface area (Å²) in [4.78, 5) is 0. The summed E-state index contributed by atoms with van der Waals surface area (Å²) in [6.45, 7) is 22.3. The van der Waals surface area contributed by atoms with Crippen LogP contribution in [0.3, 0.4) is 0 Å². The van der Waals surface area contributed by atoms with E-state index >= 15 is 0 Å². The Morgan fingerprint density at radius 3 is 2.17 bits per heavy atom. The van der Waals surface area contributed by atoms with Crippen LogP contribution in [0.2, 0.25) is 36.3 Å². The lowest BCUT2D eigenvalue weighted by molar-refractivity contribution is -0.300. The van der Waals surface area contributed by atoms with Crippen LogP contribution in [0.1, 0.15) is 87.5 Å². The zero-order valence-corrected chi connectivity index (χ0v) is 30.8. The SMILES string of the molecule is CC[Si](CC)(CC)O[C@H]1[C@H](C)O[C@@H](O[C@@H]2[C@@H](O[Si](C)(C)C(C)(C)C)C=C(I)[C@@]23COC2(CCCC2)O3)C[C@@]1(C)O. The lowest BCUT2D eigenvalue weighted by atomic mass is 9.89. The van der Waals surface area contributed by atoms with E-state index in [1.807, 2.05) is 13.8 Å². The smallest absolute Gasteiger partial charge is 0.193 e. The van der Waals surface area contributed by atoms with Crippen molar-refractivity contribution < 1.29 is 32.9 Å². The number of ether oxygens (including phenoxy) is 4. The molecule has 1 saturated carbocycles. The molecule has 2 saturated heterocycles. The molecule has 2 aliphatic heterocycles. The minimum Gasteiger partial charge on any atom is -0.408 e. The summed E-state index contributed by atoms with van der Waals surface area (Å²) in [5, 5.41) is 11.8. The number of hydrogen-bond donors (Lipinski definition) is 1. The topological polar surface area (TPSA) is 75.6 Å². The van der Waals surface area contributed by atoms with Crippen molar-refractivity contribution in [3.8, 4) is 0 Å². The van der Waals surface area contributed by atoms with Crippen LogP contribution >= 0.6 is 22.6 Å². The monoisotopic (exact) mass is 710 g/mol. The average Bonchev–Trinajstić information content (AvgIpc) is 3.54. The molecule has 4 rings (SSSR count). The maximum absolute atomic E-state index is 11.8. The first kappa shape index (κ1) is 33.5. The van der Waals surface area contributed by atoms with Gasteiger partial charge in [-0.15, -0.1) is 0 Å². The van der Waals surface area contributed by atoms with Crippen LogP contribution in [-0.4, -0.2) is 76.0 Å². The number of aliphatic hydroxyl groups is 1. The molecule has 0 radical (unpaired) electrons. The predicted octanol–water partition coefficient (Wildman–Crippen LogP) is 7.43. The summed E-state index contributed by atoms with van der Waals surface area (Å²) in [6.07, 6.45) is 4.50. The van der Waals surface area contributed by atoms with E-state index in [-0.39, 0.29) is 23.4 Å². The molecule has 2 spiro atoms. The van der Waals surface area contributed by atoms with E-state index in [2.05, 4.69) is 83.3 Å². The van der Waals surface area contributed by atoms with Gasteiger partial charge in [-0.2, -0.15) is 0 Å². The molecule has 0 amide bonds. The molecule has 7 atom stereocenters. The van der Waals surface area contributed by atoms with E-state index in [1.54, 1.807) is 0 Å². The van der Waals surface area contributed by atoms with Crippen molar-refractivity contribution in [2.45, 2.75) is 171 Å². The van der Waals surface area contributed by atoms with Crippen LogP contribution in [0.15, 0.2) is 9.66 Å². The maximum atomic E-state index is 11.8. The van der Waals surface area contributed by atoms with Crippen LogP contribution in [0.25, 0.3) is 0 Å². The Balaban J connectivity index is 1.60. The van der Waals surface area contributed by atoms with Crippen molar-refractivity contribution in [2.75, 3.05) is 6.61 Å². The Hall–Kier alpha value is 0.624. The zero-order valence-electron chi connectivity index (χ0n) is 26.6. The molecule has 0 unspecified atom stereocenters. The molecule has 0 bridgehead atoms. The van der Waals surface area contributed by atoms with Gasteiger partial charge in [0.25, 0.3) is 0 Å². The Labute approximate surface area is 258 Å². The third kappa shape index (κ3) is 6.24. The molecule has 232 valence electrons. The summed E-state index contributed by atoms with van der Waals surface area (Å²) < 4.78 is 41.7. The van der Waals surface area contributed by atoms with Crippen molar-refractivity contribution in [1.29, 1.82) is 0 Å². The standard InChI is InChI=1S/C30H55IO7Si2/c1-11-40(12-2,13-3)37-25-21(4)34-24(19-28(25,8)32)35-26-22(36-39(9,10)27(5,6)7)18-23(31)30(26)20-33-29(38-30)16-14-15-17-29/h18,21-22,24-26,32H,11-17,19-20H2,1-10H3/t21-,22-,24-,25-,26+,28+,30-/m0/s1. The molecule has 0 aromatic heterocycles. The highest BCUT2D eigenvalue weighted by Crippen LogP contribution is 2.54. The van der Waals surface area contributed by atoms with Gasteiger partial charge in [0.2, 0.25) is 0 Å². The largest absolute Gasteiger partial charge is 0.408 e. The van der Waals surface area contributed by atoms with Gasteiger partial charge in [0.1, 0.15) is 6.10 Å². The minimum atomic E-state index is -2.14. The molecule has 0 aromatic carbocycles. The fraction of sp³-hybridized carbons (Fsp3) is 0.933. The predicted molar refractivity (Wildman–Crippen MR) is 172 cm³/mol. The second-order valence-corrected chi connectivity index (χ2v) is 25.1.